The van der Waals surface area contributed by atoms with Gasteiger partial charge in [-0.25, -0.2) is 0 Å². The van der Waals surface area contributed by atoms with Crippen LogP contribution in [0.5, 0.6) is 0 Å². The zero-order valence-corrected chi connectivity index (χ0v) is 15.7. The third kappa shape index (κ3) is 5.09. The number of rotatable bonds is 8. The number of fused-ring (bicyclic) bond motifs is 1. The molecular weight excluding hydrogens is 326 g/mol. The Kier molecular flexibility index (Phi) is 6.70. The van der Waals surface area contributed by atoms with Crippen molar-refractivity contribution in [2.24, 2.45) is 5.92 Å². The largest absolute Gasteiger partial charge is 0.481 e. The molecule has 1 fully saturated rings. The molecule has 4 heteroatoms. The van der Waals surface area contributed by atoms with E-state index in [0.29, 0.717) is 6.42 Å². The van der Waals surface area contributed by atoms with Crippen molar-refractivity contribution in [3.8, 4) is 0 Å². The van der Waals surface area contributed by atoms with Crippen molar-refractivity contribution in [3.63, 3.8) is 0 Å². The summed E-state index contributed by atoms with van der Waals surface area (Å²) >= 11 is 0. The standard InChI is InChI=1S/C22H31NO3/c24-21(13-11-17-6-2-1-3-7-17)23-15-14-19-16-18(10-12-20(19)23)8-4-5-9-22(25)26/h10,12,16-17H,1-9,11,13-15H2,(H,25,26). The number of amides is 1. The lowest BCUT2D eigenvalue weighted by atomic mass is 9.86. The number of carbonyl (C=O) groups is 2. The summed E-state index contributed by atoms with van der Waals surface area (Å²) in [5.41, 5.74) is 3.62. The summed E-state index contributed by atoms with van der Waals surface area (Å²) in [7, 11) is 0. The van der Waals surface area contributed by atoms with Crippen LogP contribution in [0.4, 0.5) is 5.69 Å². The first-order chi connectivity index (χ1) is 12.6. The SMILES string of the molecule is O=C(O)CCCCc1ccc2c(c1)CCN2C(=O)CCC1CCCCC1. The minimum absolute atomic E-state index is 0.244. The fraction of sp³-hybridized carbons (Fsp3) is 0.636. The van der Waals surface area contributed by atoms with E-state index in [2.05, 4.69) is 18.2 Å². The lowest BCUT2D eigenvalue weighted by Crippen LogP contribution is -2.29. The maximum absolute atomic E-state index is 12.7. The topological polar surface area (TPSA) is 57.6 Å². The number of carboxylic acid groups (broad SMARTS) is 1. The van der Waals surface area contributed by atoms with Gasteiger partial charge < -0.3 is 10.0 Å². The van der Waals surface area contributed by atoms with Gasteiger partial charge in [0.25, 0.3) is 0 Å². The van der Waals surface area contributed by atoms with Crippen molar-refractivity contribution in [2.45, 2.75) is 77.0 Å². The van der Waals surface area contributed by atoms with Crippen LogP contribution in [0.25, 0.3) is 0 Å². The van der Waals surface area contributed by atoms with Crippen LogP contribution < -0.4 is 4.90 Å². The number of nitrogens with zero attached hydrogens (tertiary/aromatic N) is 1. The molecule has 0 radical (unpaired) electrons. The van der Waals surface area contributed by atoms with Gasteiger partial charge in [0.15, 0.2) is 0 Å². The molecule has 142 valence electrons. The number of carbonyl (C=O) groups excluding carboxylic acids is 1. The third-order valence-corrected chi connectivity index (χ3v) is 5.94. The van der Waals surface area contributed by atoms with Crippen molar-refractivity contribution < 1.29 is 14.7 Å². The lowest BCUT2D eigenvalue weighted by Gasteiger charge is -2.23. The second-order valence-electron chi connectivity index (χ2n) is 7.90. The van der Waals surface area contributed by atoms with Crippen molar-refractivity contribution >= 4 is 17.6 Å². The van der Waals surface area contributed by atoms with Crippen LogP contribution in [-0.2, 0) is 22.4 Å². The van der Waals surface area contributed by atoms with Crippen LogP contribution in [0.3, 0.4) is 0 Å². The number of carboxylic acids is 1. The highest BCUT2D eigenvalue weighted by Crippen LogP contribution is 2.32. The van der Waals surface area contributed by atoms with E-state index in [1.54, 1.807) is 0 Å². The molecule has 1 saturated carbocycles. The van der Waals surface area contributed by atoms with E-state index >= 15 is 0 Å². The fourth-order valence-corrected chi connectivity index (χ4v) is 4.41. The van der Waals surface area contributed by atoms with Gasteiger partial charge in [-0.3, -0.25) is 9.59 Å². The van der Waals surface area contributed by atoms with Gasteiger partial charge in [-0.15, -0.1) is 0 Å². The number of aliphatic carboxylic acids is 1. The van der Waals surface area contributed by atoms with Crippen LogP contribution in [0, 0.1) is 5.92 Å². The van der Waals surface area contributed by atoms with Gasteiger partial charge in [-0.2, -0.15) is 0 Å². The summed E-state index contributed by atoms with van der Waals surface area (Å²) in [4.78, 5) is 25.2. The second-order valence-corrected chi connectivity index (χ2v) is 7.90. The molecule has 1 amide bonds. The van der Waals surface area contributed by atoms with Crippen LogP contribution in [0.1, 0.15) is 75.3 Å². The minimum Gasteiger partial charge on any atom is -0.481 e. The van der Waals surface area contributed by atoms with Crippen LogP contribution in [0.15, 0.2) is 18.2 Å². The molecule has 26 heavy (non-hydrogen) atoms. The Bertz CT molecular complexity index is 634. The Balaban J connectivity index is 1.50. The molecule has 1 N–H and O–H groups in total. The molecule has 4 nitrogen and oxygen atoms in total. The minimum atomic E-state index is -0.721. The van der Waals surface area contributed by atoms with Gasteiger partial charge in [0.05, 0.1) is 0 Å². The quantitative estimate of drug-likeness (QED) is 0.684. The second kappa shape index (κ2) is 9.20. The van der Waals surface area contributed by atoms with E-state index in [-0.39, 0.29) is 12.3 Å². The molecule has 0 atom stereocenters. The van der Waals surface area contributed by atoms with Crippen molar-refractivity contribution in [1.29, 1.82) is 0 Å². The molecule has 1 heterocycles. The molecule has 0 unspecified atom stereocenters. The van der Waals surface area contributed by atoms with E-state index in [1.165, 1.54) is 43.2 Å². The first-order valence-corrected chi connectivity index (χ1v) is 10.3. The summed E-state index contributed by atoms with van der Waals surface area (Å²) in [6.07, 6.45) is 12.1. The summed E-state index contributed by atoms with van der Waals surface area (Å²) in [6.45, 7) is 0.807. The fourth-order valence-electron chi connectivity index (χ4n) is 4.41. The van der Waals surface area contributed by atoms with Crippen molar-refractivity contribution in [3.05, 3.63) is 29.3 Å². The van der Waals surface area contributed by atoms with Crippen LogP contribution >= 0.6 is 0 Å². The molecule has 0 bridgehead atoms. The maximum atomic E-state index is 12.7. The number of aryl methyl sites for hydroxylation is 1. The number of anilines is 1. The van der Waals surface area contributed by atoms with Crippen molar-refractivity contribution in [1.82, 2.24) is 0 Å². The van der Waals surface area contributed by atoms with Crippen molar-refractivity contribution in [2.75, 3.05) is 11.4 Å². The Morgan fingerprint density at radius 3 is 2.65 bits per heavy atom. The highest BCUT2D eigenvalue weighted by molar-refractivity contribution is 5.95. The number of benzene rings is 1. The number of hydrogen-bond donors (Lipinski definition) is 1. The number of unbranched alkanes of at least 4 members (excludes halogenated alkanes) is 1. The zero-order valence-electron chi connectivity index (χ0n) is 15.7. The van der Waals surface area contributed by atoms with Gasteiger partial charge >= 0.3 is 5.97 Å². The maximum Gasteiger partial charge on any atom is 0.303 e. The van der Waals surface area contributed by atoms with E-state index < -0.39 is 5.97 Å². The first kappa shape index (κ1) is 18.9. The Morgan fingerprint density at radius 1 is 1.08 bits per heavy atom. The average molecular weight is 357 g/mol. The normalized spacial score (nSPS) is 17.3. The Hall–Kier alpha value is -1.84. The smallest absolute Gasteiger partial charge is 0.303 e. The zero-order chi connectivity index (χ0) is 18.4. The molecule has 0 spiro atoms. The average Bonchev–Trinajstić information content (AvgIpc) is 3.07. The summed E-state index contributed by atoms with van der Waals surface area (Å²) in [5.74, 6) is 0.313. The van der Waals surface area contributed by atoms with Gasteiger partial charge in [-0.05, 0) is 55.2 Å². The van der Waals surface area contributed by atoms with Gasteiger partial charge in [0.2, 0.25) is 5.91 Å². The van der Waals surface area contributed by atoms with E-state index in [9.17, 15) is 9.59 Å². The molecule has 3 rings (SSSR count). The predicted molar refractivity (Wildman–Crippen MR) is 103 cm³/mol. The van der Waals surface area contributed by atoms with Gasteiger partial charge in [-0.1, -0.05) is 44.2 Å². The number of hydrogen-bond acceptors (Lipinski definition) is 2. The van der Waals surface area contributed by atoms with E-state index in [4.69, 9.17) is 5.11 Å². The van der Waals surface area contributed by atoms with E-state index in [0.717, 1.165) is 50.3 Å². The molecule has 2 aliphatic rings. The summed E-state index contributed by atoms with van der Waals surface area (Å²) in [6, 6.07) is 6.41. The summed E-state index contributed by atoms with van der Waals surface area (Å²) in [5, 5.41) is 8.71. The Labute approximate surface area is 156 Å². The predicted octanol–water partition coefficient (Wildman–Crippen LogP) is 4.73. The molecule has 0 saturated heterocycles. The lowest BCUT2D eigenvalue weighted by molar-refractivity contribution is -0.137. The van der Waals surface area contributed by atoms with E-state index in [1.807, 2.05) is 4.90 Å². The van der Waals surface area contributed by atoms with Crippen LogP contribution in [0.2, 0.25) is 0 Å². The molecule has 0 aromatic heterocycles. The Morgan fingerprint density at radius 2 is 1.88 bits per heavy atom. The monoisotopic (exact) mass is 357 g/mol. The molecule has 1 aromatic rings. The highest BCUT2D eigenvalue weighted by Gasteiger charge is 2.25. The van der Waals surface area contributed by atoms with Gasteiger partial charge in [0.1, 0.15) is 0 Å². The summed E-state index contributed by atoms with van der Waals surface area (Å²) < 4.78 is 0. The molecular formula is C22H31NO3. The first-order valence-electron chi connectivity index (χ1n) is 10.3. The molecule has 1 aromatic carbocycles. The van der Waals surface area contributed by atoms with Crippen LogP contribution in [-0.4, -0.2) is 23.5 Å². The molecule has 1 aliphatic carbocycles. The third-order valence-electron chi connectivity index (χ3n) is 5.94. The highest BCUT2D eigenvalue weighted by atomic mass is 16.4. The van der Waals surface area contributed by atoms with Gasteiger partial charge in [0, 0.05) is 25.1 Å². The molecule has 1 aliphatic heterocycles.